The van der Waals surface area contributed by atoms with Gasteiger partial charge in [-0.15, -0.1) is 0 Å². The van der Waals surface area contributed by atoms with Crippen molar-refractivity contribution in [2.24, 2.45) is 5.92 Å². The van der Waals surface area contributed by atoms with Gasteiger partial charge in [0.25, 0.3) is 5.91 Å². The number of likely N-dealkylation sites (tertiary alicyclic amines) is 2. The number of nitrogens with one attached hydrogen (secondary N) is 2. The zero-order chi connectivity index (χ0) is 20.0. The zero-order valence-corrected chi connectivity index (χ0v) is 17.3. The minimum atomic E-state index is -0.380. The van der Waals surface area contributed by atoms with Gasteiger partial charge in [0, 0.05) is 18.5 Å². The van der Waals surface area contributed by atoms with E-state index in [4.69, 9.17) is 0 Å². The molecule has 3 unspecified atom stereocenters. The fourth-order valence-corrected chi connectivity index (χ4v) is 4.37. The van der Waals surface area contributed by atoms with Crippen molar-refractivity contribution >= 4 is 17.7 Å². The van der Waals surface area contributed by atoms with Gasteiger partial charge in [0.1, 0.15) is 0 Å². The summed E-state index contributed by atoms with van der Waals surface area (Å²) in [7, 11) is 0. The third kappa shape index (κ3) is 5.00. The van der Waals surface area contributed by atoms with Crippen molar-refractivity contribution in [3.8, 4) is 0 Å². The number of rotatable bonds is 7. The number of amides is 3. The molecular formula is C20H36N4O3. The Morgan fingerprint density at radius 3 is 2.19 bits per heavy atom. The van der Waals surface area contributed by atoms with Crippen molar-refractivity contribution in [2.75, 3.05) is 13.1 Å². The molecule has 0 aromatic heterocycles. The van der Waals surface area contributed by atoms with E-state index in [9.17, 15) is 14.4 Å². The summed E-state index contributed by atoms with van der Waals surface area (Å²) in [5.41, 5.74) is 5.15. The Kier molecular flexibility index (Phi) is 8.07. The first kappa shape index (κ1) is 21.7. The summed E-state index contributed by atoms with van der Waals surface area (Å²) in [6.45, 7) is 9.66. The summed E-state index contributed by atoms with van der Waals surface area (Å²) >= 11 is 0. The van der Waals surface area contributed by atoms with E-state index < -0.39 is 0 Å². The van der Waals surface area contributed by atoms with Gasteiger partial charge in [0.2, 0.25) is 0 Å². The highest BCUT2D eigenvalue weighted by Gasteiger charge is 2.37. The van der Waals surface area contributed by atoms with Crippen LogP contribution in [-0.4, -0.2) is 58.7 Å². The summed E-state index contributed by atoms with van der Waals surface area (Å²) < 4.78 is 0. The van der Waals surface area contributed by atoms with E-state index in [1.54, 1.807) is 4.90 Å². The molecule has 7 nitrogen and oxygen atoms in total. The van der Waals surface area contributed by atoms with E-state index in [1.165, 1.54) is 0 Å². The lowest BCUT2D eigenvalue weighted by Crippen LogP contribution is -2.56. The number of carbonyl (C=O) groups is 3. The van der Waals surface area contributed by atoms with Crippen LogP contribution in [0.5, 0.6) is 0 Å². The van der Waals surface area contributed by atoms with Crippen molar-refractivity contribution < 1.29 is 14.4 Å². The van der Waals surface area contributed by atoms with Crippen LogP contribution in [-0.2, 0) is 9.59 Å². The second-order valence-electron chi connectivity index (χ2n) is 7.85. The maximum absolute atomic E-state index is 12.6. The molecule has 2 heterocycles. The molecule has 0 aromatic rings. The molecule has 2 aliphatic heterocycles. The van der Waals surface area contributed by atoms with Gasteiger partial charge in [-0.05, 0) is 51.5 Å². The lowest BCUT2D eigenvalue weighted by atomic mass is 9.96. The minimum absolute atomic E-state index is 0.0509. The largest absolute Gasteiger partial charge is 0.336 e. The summed E-state index contributed by atoms with van der Waals surface area (Å²) in [6.07, 6.45) is 6.14. The van der Waals surface area contributed by atoms with Crippen LogP contribution in [0.25, 0.3) is 0 Å². The van der Waals surface area contributed by atoms with Crippen molar-refractivity contribution in [1.82, 2.24) is 20.7 Å². The molecule has 2 rings (SSSR count). The van der Waals surface area contributed by atoms with Crippen LogP contribution < -0.4 is 10.9 Å². The highest BCUT2D eigenvalue weighted by Crippen LogP contribution is 2.24. The third-order valence-electron chi connectivity index (χ3n) is 6.24. The molecule has 0 bridgehead atoms. The van der Waals surface area contributed by atoms with Crippen molar-refractivity contribution in [3.63, 3.8) is 0 Å². The van der Waals surface area contributed by atoms with Crippen LogP contribution in [0.1, 0.15) is 72.6 Å². The van der Waals surface area contributed by atoms with E-state index in [-0.39, 0.29) is 35.7 Å². The number of nitrogens with zero attached hydrogens (tertiary/aromatic N) is 2. The standard InChI is InChI=1S/C20H36N4O3/c1-5-14(4)18(25)16-10-8-13-24(16)20(27)22-21-19(26)17-11-9-12-23(17)15(6-2)7-3/h14-17H,5-13H2,1-4H3,(H,21,26)(H,22,27). The summed E-state index contributed by atoms with van der Waals surface area (Å²) in [4.78, 5) is 41.5. The molecule has 27 heavy (non-hydrogen) atoms. The number of hydrogen-bond acceptors (Lipinski definition) is 4. The predicted octanol–water partition coefficient (Wildman–Crippen LogP) is 2.46. The van der Waals surface area contributed by atoms with Crippen molar-refractivity contribution in [2.45, 2.75) is 90.8 Å². The van der Waals surface area contributed by atoms with Crippen molar-refractivity contribution in [1.29, 1.82) is 0 Å². The van der Waals surface area contributed by atoms with E-state index >= 15 is 0 Å². The number of urea groups is 1. The van der Waals surface area contributed by atoms with Gasteiger partial charge in [-0.2, -0.15) is 0 Å². The van der Waals surface area contributed by atoms with Gasteiger partial charge in [-0.25, -0.2) is 10.2 Å². The smallest absolute Gasteiger partial charge is 0.313 e. The van der Waals surface area contributed by atoms with E-state index in [0.29, 0.717) is 19.0 Å². The average Bonchev–Trinajstić information content (AvgIpc) is 3.35. The molecule has 2 saturated heterocycles. The SMILES string of the molecule is CCC(C)C(=O)C1CCCN1C(=O)NNC(=O)C1CCCN1C(CC)CC. The number of hydrogen-bond donors (Lipinski definition) is 2. The first-order valence-corrected chi connectivity index (χ1v) is 10.6. The minimum Gasteiger partial charge on any atom is -0.313 e. The normalized spacial score (nSPS) is 24.3. The first-order valence-electron chi connectivity index (χ1n) is 10.6. The number of Topliss-reactive ketones (excluding diaryl/α,β-unsaturated/α-hetero) is 1. The lowest BCUT2D eigenvalue weighted by Gasteiger charge is -2.31. The molecule has 2 fully saturated rings. The highest BCUT2D eigenvalue weighted by atomic mass is 16.2. The zero-order valence-electron chi connectivity index (χ0n) is 17.3. The van der Waals surface area contributed by atoms with Crippen molar-refractivity contribution in [3.05, 3.63) is 0 Å². The highest BCUT2D eigenvalue weighted by molar-refractivity contribution is 5.91. The van der Waals surface area contributed by atoms with Crippen LogP contribution >= 0.6 is 0 Å². The van der Waals surface area contributed by atoms with E-state index in [0.717, 1.165) is 45.1 Å². The molecule has 0 aliphatic carbocycles. The van der Waals surface area contributed by atoms with Crippen LogP contribution in [0.4, 0.5) is 4.79 Å². The second kappa shape index (κ2) is 10.1. The van der Waals surface area contributed by atoms with Crippen LogP contribution in [0, 0.1) is 5.92 Å². The van der Waals surface area contributed by atoms with Gasteiger partial charge in [0.05, 0.1) is 12.1 Å². The monoisotopic (exact) mass is 380 g/mol. The van der Waals surface area contributed by atoms with Gasteiger partial charge < -0.3 is 4.90 Å². The Morgan fingerprint density at radius 1 is 0.926 bits per heavy atom. The molecule has 3 amide bonds. The number of hydrazine groups is 1. The molecule has 3 atom stereocenters. The quantitative estimate of drug-likeness (QED) is 0.665. The molecule has 7 heteroatoms. The number of carbonyl (C=O) groups excluding carboxylic acids is 3. The second-order valence-corrected chi connectivity index (χ2v) is 7.85. The molecule has 0 radical (unpaired) electrons. The van der Waals surface area contributed by atoms with Crippen LogP contribution in [0.3, 0.4) is 0 Å². The molecule has 0 spiro atoms. The molecule has 0 aromatic carbocycles. The molecule has 2 N–H and O–H groups in total. The van der Waals surface area contributed by atoms with Gasteiger partial charge in [0.15, 0.2) is 5.78 Å². The Balaban J connectivity index is 1.90. The Bertz CT molecular complexity index is 535. The topological polar surface area (TPSA) is 81.8 Å². The predicted molar refractivity (Wildman–Crippen MR) is 105 cm³/mol. The molecule has 154 valence electrons. The van der Waals surface area contributed by atoms with Gasteiger partial charge >= 0.3 is 6.03 Å². The molecule has 0 saturated carbocycles. The molecular weight excluding hydrogens is 344 g/mol. The van der Waals surface area contributed by atoms with Gasteiger partial charge in [-0.3, -0.25) is 19.9 Å². The Labute approximate surface area is 163 Å². The molecule has 2 aliphatic rings. The Morgan fingerprint density at radius 2 is 1.56 bits per heavy atom. The van der Waals surface area contributed by atoms with Gasteiger partial charge in [-0.1, -0.05) is 27.7 Å². The third-order valence-corrected chi connectivity index (χ3v) is 6.24. The maximum atomic E-state index is 12.6. The van der Waals surface area contributed by atoms with E-state index in [1.807, 2.05) is 13.8 Å². The fraction of sp³-hybridized carbons (Fsp3) is 0.850. The summed E-state index contributed by atoms with van der Waals surface area (Å²) in [5, 5.41) is 0. The number of ketones is 1. The summed E-state index contributed by atoms with van der Waals surface area (Å²) in [6, 6.07) is -0.541. The average molecular weight is 381 g/mol. The lowest BCUT2D eigenvalue weighted by molar-refractivity contribution is -0.127. The Hall–Kier alpha value is -1.63. The first-order chi connectivity index (χ1) is 12.9. The van der Waals surface area contributed by atoms with E-state index in [2.05, 4.69) is 29.6 Å². The fourth-order valence-electron chi connectivity index (χ4n) is 4.37. The van der Waals surface area contributed by atoms with Crippen LogP contribution in [0.15, 0.2) is 0 Å². The maximum Gasteiger partial charge on any atom is 0.336 e. The summed E-state index contributed by atoms with van der Waals surface area (Å²) in [5.74, 6) is -0.0889. The van der Waals surface area contributed by atoms with Crippen LogP contribution in [0.2, 0.25) is 0 Å².